The molecule has 0 aliphatic carbocycles. The molecule has 0 bridgehead atoms. The Morgan fingerprint density at radius 2 is 1.83 bits per heavy atom. The van der Waals surface area contributed by atoms with Gasteiger partial charge in [0.1, 0.15) is 0 Å². The zero-order chi connectivity index (χ0) is 19.7. The molecule has 0 spiro atoms. The van der Waals surface area contributed by atoms with Crippen LogP contribution in [0.1, 0.15) is 17.2 Å². The number of carbonyl (C=O) groups is 1. The lowest BCUT2D eigenvalue weighted by Gasteiger charge is -2.35. The molecule has 11 heteroatoms. The molecule has 1 aliphatic heterocycles. The maximum Gasteiger partial charge on any atom is 0.416 e. The number of alkyl halides is 3. The number of rotatable bonds is 9. The van der Waals surface area contributed by atoms with Crippen molar-refractivity contribution in [2.45, 2.75) is 12.2 Å². The standard InChI is InChI=1S/C18H26F3N3O3.2ClH/c1-26-9-6-22-13-17(25)23-12-16(24-7-10-27-11-8-24)14-2-4-15(5-3-14)18(19,20)21;;/h2-5,16,22H,6-13H2,1H3,(H,23,25);2*1H. The molecule has 1 atom stereocenters. The highest BCUT2D eigenvalue weighted by Gasteiger charge is 2.31. The molecule has 168 valence electrons. The molecule has 2 rings (SSSR count). The number of ether oxygens (including phenoxy) is 2. The van der Waals surface area contributed by atoms with E-state index >= 15 is 0 Å². The van der Waals surface area contributed by atoms with Crippen LogP contribution in [0.2, 0.25) is 0 Å². The summed E-state index contributed by atoms with van der Waals surface area (Å²) in [5, 5.41) is 5.81. The second kappa shape index (κ2) is 14.0. The van der Waals surface area contributed by atoms with Crippen molar-refractivity contribution in [2.24, 2.45) is 0 Å². The summed E-state index contributed by atoms with van der Waals surface area (Å²) in [5.74, 6) is -0.170. The second-order valence-corrected chi connectivity index (χ2v) is 6.26. The van der Waals surface area contributed by atoms with Gasteiger partial charge in [0.15, 0.2) is 0 Å². The van der Waals surface area contributed by atoms with Crippen molar-refractivity contribution in [1.82, 2.24) is 15.5 Å². The van der Waals surface area contributed by atoms with Crippen LogP contribution in [0.15, 0.2) is 24.3 Å². The van der Waals surface area contributed by atoms with Gasteiger partial charge in [-0.25, -0.2) is 0 Å². The van der Waals surface area contributed by atoms with Gasteiger partial charge in [0.05, 0.1) is 38.0 Å². The number of nitrogens with one attached hydrogen (secondary N) is 2. The van der Waals surface area contributed by atoms with Gasteiger partial charge < -0.3 is 20.1 Å². The van der Waals surface area contributed by atoms with Gasteiger partial charge >= 0.3 is 6.18 Å². The molecule has 2 N–H and O–H groups in total. The number of hydrogen-bond donors (Lipinski definition) is 2. The summed E-state index contributed by atoms with van der Waals surface area (Å²) in [6.07, 6.45) is -4.37. The summed E-state index contributed by atoms with van der Waals surface area (Å²) in [6, 6.07) is 4.91. The Hall–Kier alpha value is -1.10. The molecule has 6 nitrogen and oxygen atoms in total. The third kappa shape index (κ3) is 9.50. The van der Waals surface area contributed by atoms with E-state index in [0.717, 1.165) is 17.7 Å². The Labute approximate surface area is 181 Å². The molecule has 1 amide bonds. The van der Waals surface area contributed by atoms with Crippen LogP contribution in [-0.4, -0.2) is 70.5 Å². The first-order valence-electron chi connectivity index (χ1n) is 8.87. The molecular weight excluding hydrogens is 434 g/mol. The van der Waals surface area contributed by atoms with Crippen molar-refractivity contribution in [2.75, 3.05) is 59.7 Å². The fraction of sp³-hybridized carbons (Fsp3) is 0.611. The third-order valence-electron chi connectivity index (χ3n) is 4.37. The van der Waals surface area contributed by atoms with E-state index in [1.54, 1.807) is 7.11 Å². The van der Waals surface area contributed by atoms with E-state index in [1.807, 2.05) is 0 Å². The Balaban J connectivity index is 0.00000392. The van der Waals surface area contributed by atoms with E-state index in [2.05, 4.69) is 15.5 Å². The highest BCUT2D eigenvalue weighted by molar-refractivity contribution is 5.85. The van der Waals surface area contributed by atoms with Gasteiger partial charge in [0.2, 0.25) is 5.91 Å². The molecule has 0 aromatic heterocycles. The minimum atomic E-state index is -4.37. The van der Waals surface area contributed by atoms with Gasteiger partial charge in [-0.05, 0) is 17.7 Å². The normalized spacial score (nSPS) is 15.7. The number of nitrogens with zero attached hydrogens (tertiary/aromatic N) is 1. The van der Waals surface area contributed by atoms with Gasteiger partial charge in [-0.3, -0.25) is 9.69 Å². The molecule has 1 aromatic rings. The van der Waals surface area contributed by atoms with Crippen LogP contribution in [0.3, 0.4) is 0 Å². The van der Waals surface area contributed by atoms with Crippen molar-refractivity contribution in [3.05, 3.63) is 35.4 Å². The summed E-state index contributed by atoms with van der Waals surface area (Å²) in [5.41, 5.74) is 0.0518. The van der Waals surface area contributed by atoms with Gasteiger partial charge in [-0.2, -0.15) is 13.2 Å². The summed E-state index contributed by atoms with van der Waals surface area (Å²) < 4.78 is 48.7. The summed E-state index contributed by atoms with van der Waals surface area (Å²) >= 11 is 0. The average Bonchev–Trinajstić information content (AvgIpc) is 2.66. The Kier molecular flexibility index (Phi) is 13.5. The van der Waals surface area contributed by atoms with Crippen LogP contribution in [-0.2, 0) is 20.4 Å². The van der Waals surface area contributed by atoms with E-state index in [0.29, 0.717) is 46.0 Å². The molecule has 1 aromatic carbocycles. The van der Waals surface area contributed by atoms with E-state index in [9.17, 15) is 18.0 Å². The number of methoxy groups -OCH3 is 1. The smallest absolute Gasteiger partial charge is 0.383 e. The Bertz CT molecular complexity index is 586. The van der Waals surface area contributed by atoms with Crippen molar-refractivity contribution in [3.63, 3.8) is 0 Å². The minimum Gasteiger partial charge on any atom is -0.383 e. The molecule has 0 saturated carbocycles. The highest BCUT2D eigenvalue weighted by Crippen LogP contribution is 2.31. The van der Waals surface area contributed by atoms with Crippen molar-refractivity contribution >= 4 is 30.7 Å². The lowest BCUT2D eigenvalue weighted by Crippen LogP contribution is -2.45. The second-order valence-electron chi connectivity index (χ2n) is 6.26. The van der Waals surface area contributed by atoms with Crippen molar-refractivity contribution in [3.8, 4) is 0 Å². The number of hydrogen-bond acceptors (Lipinski definition) is 5. The van der Waals surface area contributed by atoms with Crippen LogP contribution in [0.4, 0.5) is 13.2 Å². The topological polar surface area (TPSA) is 62.8 Å². The quantitative estimate of drug-likeness (QED) is 0.552. The predicted molar refractivity (Wildman–Crippen MR) is 109 cm³/mol. The zero-order valence-electron chi connectivity index (χ0n) is 16.2. The predicted octanol–water partition coefficient (Wildman–Crippen LogP) is 2.27. The zero-order valence-corrected chi connectivity index (χ0v) is 17.8. The third-order valence-corrected chi connectivity index (χ3v) is 4.37. The molecule has 1 aliphatic rings. The number of morpholine rings is 1. The molecule has 1 fully saturated rings. The fourth-order valence-corrected chi connectivity index (χ4v) is 2.89. The maximum atomic E-state index is 12.8. The van der Waals surface area contributed by atoms with E-state index in [1.165, 1.54) is 12.1 Å². The summed E-state index contributed by atoms with van der Waals surface area (Å²) in [6.45, 7) is 3.99. The van der Waals surface area contributed by atoms with Gasteiger partial charge in [-0.1, -0.05) is 12.1 Å². The van der Waals surface area contributed by atoms with Crippen LogP contribution >= 0.6 is 24.8 Å². The van der Waals surface area contributed by atoms with E-state index < -0.39 is 11.7 Å². The molecule has 1 saturated heterocycles. The summed E-state index contributed by atoms with van der Waals surface area (Å²) in [7, 11) is 1.58. The van der Waals surface area contributed by atoms with Crippen LogP contribution in [0.5, 0.6) is 0 Å². The molecule has 1 unspecified atom stereocenters. The van der Waals surface area contributed by atoms with Crippen LogP contribution in [0, 0.1) is 0 Å². The molecular formula is C18H28Cl2F3N3O3. The van der Waals surface area contributed by atoms with Gasteiger partial charge in [0.25, 0.3) is 0 Å². The largest absolute Gasteiger partial charge is 0.416 e. The first-order valence-corrected chi connectivity index (χ1v) is 8.87. The first-order chi connectivity index (χ1) is 12.9. The van der Waals surface area contributed by atoms with Crippen LogP contribution in [0.25, 0.3) is 0 Å². The molecule has 0 radical (unpaired) electrons. The SMILES string of the molecule is COCCNCC(=O)NCC(c1ccc(C(F)(F)F)cc1)N1CCOCC1.Cl.Cl. The first kappa shape index (κ1) is 27.9. The van der Waals surface area contributed by atoms with Gasteiger partial charge in [-0.15, -0.1) is 24.8 Å². The van der Waals surface area contributed by atoms with Crippen LogP contribution < -0.4 is 10.6 Å². The van der Waals surface area contributed by atoms with E-state index in [4.69, 9.17) is 9.47 Å². The number of amides is 1. The number of benzene rings is 1. The molecule has 1 heterocycles. The summed E-state index contributed by atoms with van der Waals surface area (Å²) in [4.78, 5) is 14.1. The van der Waals surface area contributed by atoms with Crippen molar-refractivity contribution in [1.29, 1.82) is 0 Å². The lowest BCUT2D eigenvalue weighted by molar-refractivity contribution is -0.137. The van der Waals surface area contributed by atoms with Crippen molar-refractivity contribution < 1.29 is 27.4 Å². The number of carbonyl (C=O) groups excluding carboxylic acids is 1. The number of halogens is 5. The maximum absolute atomic E-state index is 12.8. The van der Waals surface area contributed by atoms with Gasteiger partial charge in [0, 0.05) is 33.3 Å². The Morgan fingerprint density at radius 1 is 1.21 bits per heavy atom. The average molecular weight is 462 g/mol. The van der Waals surface area contributed by atoms with E-state index in [-0.39, 0.29) is 43.3 Å². The molecule has 29 heavy (non-hydrogen) atoms. The lowest BCUT2D eigenvalue weighted by atomic mass is 10.0. The fourth-order valence-electron chi connectivity index (χ4n) is 2.89. The Morgan fingerprint density at radius 3 is 2.38 bits per heavy atom. The monoisotopic (exact) mass is 461 g/mol. The minimum absolute atomic E-state index is 0. The highest BCUT2D eigenvalue weighted by atomic mass is 35.5.